The molecule has 1 saturated heterocycles. The van der Waals surface area contributed by atoms with Crippen molar-refractivity contribution < 1.29 is 4.74 Å². The normalized spacial score (nSPS) is 22.4. The second kappa shape index (κ2) is 6.18. The lowest BCUT2D eigenvalue weighted by atomic mass is 9.84. The minimum absolute atomic E-state index is 0.599. The summed E-state index contributed by atoms with van der Waals surface area (Å²) in [6, 6.07) is 8.93. The van der Waals surface area contributed by atoms with E-state index in [1.807, 2.05) is 0 Å². The fourth-order valence-corrected chi connectivity index (χ4v) is 2.59. The van der Waals surface area contributed by atoms with Crippen molar-refractivity contribution >= 4 is 0 Å². The third-order valence-corrected chi connectivity index (χ3v) is 3.84. The lowest BCUT2D eigenvalue weighted by molar-refractivity contribution is 0.0463. The molecule has 0 aromatic heterocycles. The molecule has 0 radical (unpaired) electrons. The molecular formula is C15H23NO. The molecule has 0 bridgehead atoms. The zero-order valence-electron chi connectivity index (χ0n) is 10.7. The highest BCUT2D eigenvalue weighted by atomic mass is 16.5. The molecule has 1 aromatic rings. The highest BCUT2D eigenvalue weighted by Crippen LogP contribution is 2.30. The number of benzene rings is 1. The number of hydrogen-bond acceptors (Lipinski definition) is 2. The minimum atomic E-state index is 0.599. The molecule has 0 saturated carbocycles. The average molecular weight is 233 g/mol. The Morgan fingerprint density at radius 3 is 2.71 bits per heavy atom. The molecule has 2 atom stereocenters. The van der Waals surface area contributed by atoms with Gasteiger partial charge >= 0.3 is 0 Å². The Morgan fingerprint density at radius 2 is 2.12 bits per heavy atom. The summed E-state index contributed by atoms with van der Waals surface area (Å²) in [5.41, 5.74) is 8.33. The van der Waals surface area contributed by atoms with Crippen LogP contribution in [-0.2, 0) is 11.2 Å². The summed E-state index contributed by atoms with van der Waals surface area (Å²) in [5, 5.41) is 0. The van der Waals surface area contributed by atoms with E-state index in [2.05, 4.69) is 31.2 Å². The van der Waals surface area contributed by atoms with Gasteiger partial charge in [-0.2, -0.15) is 0 Å². The number of ether oxygens (including phenoxy) is 1. The van der Waals surface area contributed by atoms with Crippen LogP contribution in [0.3, 0.4) is 0 Å². The molecule has 0 spiro atoms. The van der Waals surface area contributed by atoms with Crippen molar-refractivity contribution in [3.05, 3.63) is 35.4 Å². The van der Waals surface area contributed by atoms with Gasteiger partial charge in [0.1, 0.15) is 0 Å². The second-order valence-corrected chi connectivity index (χ2v) is 5.05. The first-order valence-corrected chi connectivity index (χ1v) is 6.68. The van der Waals surface area contributed by atoms with E-state index >= 15 is 0 Å². The molecule has 2 rings (SSSR count). The molecule has 1 heterocycles. The summed E-state index contributed by atoms with van der Waals surface area (Å²) >= 11 is 0. The molecule has 2 unspecified atom stereocenters. The average Bonchev–Trinajstić information content (AvgIpc) is 2.40. The topological polar surface area (TPSA) is 35.2 Å². The Kier molecular flexibility index (Phi) is 4.57. The van der Waals surface area contributed by atoms with Gasteiger partial charge in [0.2, 0.25) is 0 Å². The van der Waals surface area contributed by atoms with Gasteiger partial charge in [0.15, 0.2) is 0 Å². The van der Waals surface area contributed by atoms with Gasteiger partial charge in [-0.1, -0.05) is 31.2 Å². The van der Waals surface area contributed by atoms with Gasteiger partial charge in [-0.25, -0.2) is 0 Å². The highest BCUT2D eigenvalue weighted by Gasteiger charge is 2.21. The number of rotatable bonds is 4. The van der Waals surface area contributed by atoms with Crippen LogP contribution in [0.2, 0.25) is 0 Å². The van der Waals surface area contributed by atoms with Gasteiger partial charge in [-0.3, -0.25) is 0 Å². The van der Waals surface area contributed by atoms with E-state index in [9.17, 15) is 0 Å². The lowest BCUT2D eigenvalue weighted by Crippen LogP contribution is -2.22. The summed E-state index contributed by atoms with van der Waals surface area (Å²) in [5.74, 6) is 1.28. The maximum absolute atomic E-state index is 5.57. The van der Waals surface area contributed by atoms with Crippen LogP contribution < -0.4 is 5.73 Å². The van der Waals surface area contributed by atoms with Crippen molar-refractivity contribution in [2.24, 2.45) is 11.7 Å². The maximum atomic E-state index is 5.57. The van der Waals surface area contributed by atoms with E-state index in [0.29, 0.717) is 11.8 Å². The third-order valence-electron chi connectivity index (χ3n) is 3.84. The smallest absolute Gasteiger partial charge is 0.0500 e. The first-order chi connectivity index (χ1) is 8.31. The van der Waals surface area contributed by atoms with Crippen molar-refractivity contribution in [1.82, 2.24) is 0 Å². The summed E-state index contributed by atoms with van der Waals surface area (Å²) in [6.45, 7) is 4.91. The fraction of sp³-hybridized carbons (Fsp3) is 0.600. The van der Waals surface area contributed by atoms with Crippen LogP contribution in [0, 0.1) is 5.92 Å². The summed E-state index contributed by atoms with van der Waals surface area (Å²) in [7, 11) is 0. The Morgan fingerprint density at radius 1 is 1.35 bits per heavy atom. The molecule has 17 heavy (non-hydrogen) atoms. The standard InChI is InChI=1S/C15H23NO/c1-12(15-3-2-10-17-11-15)14-6-4-13(5-7-14)8-9-16/h4-7,12,15H,2-3,8-11,16H2,1H3. The number of hydrogen-bond donors (Lipinski definition) is 1. The van der Waals surface area contributed by atoms with Crippen LogP contribution in [0.1, 0.15) is 36.8 Å². The van der Waals surface area contributed by atoms with Crippen molar-refractivity contribution in [3.8, 4) is 0 Å². The first-order valence-electron chi connectivity index (χ1n) is 6.68. The van der Waals surface area contributed by atoms with E-state index in [0.717, 1.165) is 26.2 Å². The Balaban J connectivity index is 2.00. The van der Waals surface area contributed by atoms with E-state index in [4.69, 9.17) is 10.5 Å². The van der Waals surface area contributed by atoms with Gasteiger partial charge in [-0.05, 0) is 48.8 Å². The van der Waals surface area contributed by atoms with Crippen molar-refractivity contribution in [1.29, 1.82) is 0 Å². The maximum Gasteiger partial charge on any atom is 0.0500 e. The van der Waals surface area contributed by atoms with Crippen LogP contribution >= 0.6 is 0 Å². The third kappa shape index (κ3) is 3.30. The Bertz CT molecular complexity index is 327. The largest absolute Gasteiger partial charge is 0.381 e. The summed E-state index contributed by atoms with van der Waals surface area (Å²) in [4.78, 5) is 0. The van der Waals surface area contributed by atoms with Gasteiger partial charge < -0.3 is 10.5 Å². The van der Waals surface area contributed by atoms with Gasteiger partial charge in [-0.15, -0.1) is 0 Å². The van der Waals surface area contributed by atoms with Crippen molar-refractivity contribution in [3.63, 3.8) is 0 Å². The molecule has 1 fully saturated rings. The molecule has 2 heteroatoms. The van der Waals surface area contributed by atoms with E-state index in [-0.39, 0.29) is 0 Å². The van der Waals surface area contributed by atoms with Crippen LogP contribution in [0.25, 0.3) is 0 Å². The van der Waals surface area contributed by atoms with E-state index in [1.165, 1.54) is 24.0 Å². The first kappa shape index (κ1) is 12.6. The van der Waals surface area contributed by atoms with Gasteiger partial charge in [0.05, 0.1) is 0 Å². The van der Waals surface area contributed by atoms with Gasteiger partial charge in [0.25, 0.3) is 0 Å². The van der Waals surface area contributed by atoms with E-state index in [1.54, 1.807) is 0 Å². The molecule has 94 valence electrons. The van der Waals surface area contributed by atoms with Crippen LogP contribution in [0.15, 0.2) is 24.3 Å². The number of nitrogens with two attached hydrogens (primary N) is 1. The fourth-order valence-electron chi connectivity index (χ4n) is 2.59. The predicted octanol–water partition coefficient (Wildman–Crippen LogP) is 2.72. The molecule has 0 aliphatic carbocycles. The monoisotopic (exact) mass is 233 g/mol. The summed E-state index contributed by atoms with van der Waals surface area (Å²) in [6.07, 6.45) is 3.48. The summed E-state index contributed by atoms with van der Waals surface area (Å²) < 4.78 is 5.57. The van der Waals surface area contributed by atoms with E-state index < -0.39 is 0 Å². The predicted molar refractivity (Wildman–Crippen MR) is 71.2 cm³/mol. The Hall–Kier alpha value is -0.860. The van der Waals surface area contributed by atoms with Crippen LogP contribution in [0.4, 0.5) is 0 Å². The Labute approximate surface area is 104 Å². The van der Waals surface area contributed by atoms with Crippen molar-refractivity contribution in [2.45, 2.75) is 32.1 Å². The molecule has 1 aliphatic rings. The molecule has 2 N–H and O–H groups in total. The van der Waals surface area contributed by atoms with Gasteiger partial charge in [0, 0.05) is 13.2 Å². The second-order valence-electron chi connectivity index (χ2n) is 5.05. The molecule has 0 amide bonds. The zero-order chi connectivity index (χ0) is 12.1. The molecule has 1 aliphatic heterocycles. The van der Waals surface area contributed by atoms with Crippen LogP contribution in [0.5, 0.6) is 0 Å². The highest BCUT2D eigenvalue weighted by molar-refractivity contribution is 5.25. The lowest BCUT2D eigenvalue weighted by Gasteiger charge is -2.28. The SMILES string of the molecule is CC(c1ccc(CCN)cc1)C1CCCOC1. The van der Waals surface area contributed by atoms with Crippen LogP contribution in [-0.4, -0.2) is 19.8 Å². The molecule has 1 aromatic carbocycles. The van der Waals surface area contributed by atoms with Crippen molar-refractivity contribution in [2.75, 3.05) is 19.8 Å². The zero-order valence-corrected chi connectivity index (χ0v) is 10.7. The molecule has 2 nitrogen and oxygen atoms in total. The quantitative estimate of drug-likeness (QED) is 0.868. The minimum Gasteiger partial charge on any atom is -0.381 e. The molecular weight excluding hydrogens is 210 g/mol.